The van der Waals surface area contributed by atoms with Crippen molar-refractivity contribution < 1.29 is 32.2 Å². The van der Waals surface area contributed by atoms with Crippen molar-refractivity contribution in [3.8, 4) is 5.75 Å². The van der Waals surface area contributed by atoms with Crippen LogP contribution in [0.15, 0.2) is 47.4 Å². The molecule has 0 aliphatic carbocycles. The number of benzene rings is 2. The van der Waals surface area contributed by atoms with Crippen molar-refractivity contribution in [2.45, 2.75) is 4.90 Å². The number of esters is 2. The first-order valence-electron chi connectivity index (χ1n) is 7.96. The third-order valence-corrected chi connectivity index (χ3v) is 5.23. The Kier molecular flexibility index (Phi) is 7.38. The van der Waals surface area contributed by atoms with Gasteiger partial charge in [0.25, 0.3) is 0 Å². The fourth-order valence-electron chi connectivity index (χ4n) is 2.18. The first kappa shape index (κ1) is 21.7. The van der Waals surface area contributed by atoms with Gasteiger partial charge in [0.15, 0.2) is 0 Å². The molecule has 0 radical (unpaired) electrons. The van der Waals surface area contributed by atoms with Crippen LogP contribution in [0.4, 0.5) is 0 Å². The third-order valence-electron chi connectivity index (χ3n) is 3.54. The lowest BCUT2D eigenvalue weighted by Gasteiger charge is -2.11. The van der Waals surface area contributed by atoms with Crippen molar-refractivity contribution in [3.63, 3.8) is 0 Å². The summed E-state index contributed by atoms with van der Waals surface area (Å²) in [5.41, 5.74) is -0.189. The normalized spacial score (nSPS) is 11.0. The number of rotatable bonds is 8. The van der Waals surface area contributed by atoms with Gasteiger partial charge in [-0.25, -0.2) is 22.7 Å². The van der Waals surface area contributed by atoms with Gasteiger partial charge in [-0.1, -0.05) is 11.6 Å². The summed E-state index contributed by atoms with van der Waals surface area (Å²) in [6, 6.07) is 10.0. The van der Waals surface area contributed by atoms with Crippen LogP contribution in [0.25, 0.3) is 0 Å². The maximum atomic E-state index is 12.5. The van der Waals surface area contributed by atoms with Crippen molar-refractivity contribution in [3.05, 3.63) is 58.6 Å². The minimum absolute atomic E-state index is 0.0407. The standard InChI is InChI=1S/C18H18ClNO7S/c1-25-17(21)12-9-13(18(22)26-2)11-16(10-12)28(23,24)20-7-8-27-15-5-3-14(19)4-6-15/h3-6,9-11,20H,7-8H2,1-2H3. The summed E-state index contributed by atoms with van der Waals surface area (Å²) in [6.07, 6.45) is 0. The van der Waals surface area contributed by atoms with Crippen LogP contribution in [0.3, 0.4) is 0 Å². The fourth-order valence-corrected chi connectivity index (χ4v) is 3.39. The molecular weight excluding hydrogens is 410 g/mol. The zero-order valence-corrected chi connectivity index (χ0v) is 16.7. The number of methoxy groups -OCH3 is 2. The highest BCUT2D eigenvalue weighted by Gasteiger charge is 2.20. The van der Waals surface area contributed by atoms with Crippen molar-refractivity contribution >= 4 is 33.6 Å². The topological polar surface area (TPSA) is 108 Å². The quantitative estimate of drug-likeness (QED) is 0.508. The van der Waals surface area contributed by atoms with E-state index in [0.717, 1.165) is 26.4 Å². The number of halogens is 1. The summed E-state index contributed by atoms with van der Waals surface area (Å²) in [7, 11) is -1.72. The van der Waals surface area contributed by atoms with E-state index in [1.54, 1.807) is 24.3 Å². The molecule has 0 saturated heterocycles. The van der Waals surface area contributed by atoms with Crippen molar-refractivity contribution in [1.29, 1.82) is 0 Å². The largest absolute Gasteiger partial charge is 0.492 e. The van der Waals surface area contributed by atoms with Crippen LogP contribution in [-0.4, -0.2) is 47.7 Å². The zero-order valence-electron chi connectivity index (χ0n) is 15.1. The first-order valence-corrected chi connectivity index (χ1v) is 9.82. The summed E-state index contributed by atoms with van der Waals surface area (Å²) >= 11 is 5.78. The second-order valence-electron chi connectivity index (χ2n) is 5.43. The molecule has 150 valence electrons. The van der Waals surface area contributed by atoms with E-state index in [2.05, 4.69) is 14.2 Å². The predicted octanol–water partition coefficient (Wildman–Crippen LogP) is 2.27. The summed E-state index contributed by atoms with van der Waals surface area (Å²) in [4.78, 5) is 23.3. The zero-order chi connectivity index (χ0) is 20.7. The Bertz CT molecular complexity index is 924. The lowest BCUT2D eigenvalue weighted by Crippen LogP contribution is -2.28. The SMILES string of the molecule is COC(=O)c1cc(C(=O)OC)cc(S(=O)(=O)NCCOc2ccc(Cl)cc2)c1. The highest BCUT2D eigenvalue weighted by atomic mass is 35.5. The minimum Gasteiger partial charge on any atom is -0.492 e. The smallest absolute Gasteiger partial charge is 0.337 e. The summed E-state index contributed by atoms with van der Waals surface area (Å²) in [6.45, 7) is 0.0163. The van der Waals surface area contributed by atoms with Crippen LogP contribution in [0.1, 0.15) is 20.7 Å². The number of ether oxygens (including phenoxy) is 3. The molecule has 0 saturated carbocycles. The highest BCUT2D eigenvalue weighted by molar-refractivity contribution is 7.89. The number of sulfonamides is 1. The molecule has 0 unspecified atom stereocenters. The monoisotopic (exact) mass is 427 g/mol. The Morgan fingerprint density at radius 1 is 0.964 bits per heavy atom. The molecule has 0 aliphatic heterocycles. The Morgan fingerprint density at radius 3 is 2.00 bits per heavy atom. The number of hydrogen-bond acceptors (Lipinski definition) is 7. The average molecular weight is 428 g/mol. The Labute approximate surface area is 167 Å². The highest BCUT2D eigenvalue weighted by Crippen LogP contribution is 2.18. The van der Waals surface area contributed by atoms with Gasteiger partial charge in [0.2, 0.25) is 10.0 Å². The van der Waals surface area contributed by atoms with Crippen LogP contribution < -0.4 is 9.46 Å². The van der Waals surface area contributed by atoms with Crippen molar-refractivity contribution in [2.24, 2.45) is 0 Å². The molecular formula is C18H18ClNO7S. The van der Waals surface area contributed by atoms with Crippen LogP contribution in [0, 0.1) is 0 Å². The molecule has 0 heterocycles. The van der Waals surface area contributed by atoms with Gasteiger partial charge in [-0.2, -0.15) is 0 Å². The number of nitrogens with one attached hydrogen (secondary N) is 1. The Morgan fingerprint density at radius 2 is 1.50 bits per heavy atom. The molecule has 1 N–H and O–H groups in total. The Balaban J connectivity index is 2.13. The van der Waals surface area contributed by atoms with Crippen LogP contribution in [0.2, 0.25) is 5.02 Å². The van der Waals surface area contributed by atoms with Crippen molar-refractivity contribution in [2.75, 3.05) is 27.4 Å². The van der Waals surface area contributed by atoms with Crippen LogP contribution >= 0.6 is 11.6 Å². The molecule has 2 aromatic carbocycles. The second kappa shape index (κ2) is 9.54. The average Bonchev–Trinajstić information content (AvgIpc) is 2.70. The predicted molar refractivity (Wildman–Crippen MR) is 101 cm³/mol. The first-order chi connectivity index (χ1) is 13.3. The molecule has 2 rings (SSSR count). The molecule has 0 amide bonds. The molecule has 2 aromatic rings. The van der Waals surface area contributed by atoms with E-state index >= 15 is 0 Å². The van der Waals surface area contributed by atoms with E-state index in [4.69, 9.17) is 16.3 Å². The summed E-state index contributed by atoms with van der Waals surface area (Å²) in [5, 5.41) is 0.556. The molecule has 0 fully saturated rings. The molecule has 28 heavy (non-hydrogen) atoms. The minimum atomic E-state index is -4.02. The number of carbonyl (C=O) groups excluding carboxylic acids is 2. The van der Waals surface area contributed by atoms with Gasteiger partial charge >= 0.3 is 11.9 Å². The number of carbonyl (C=O) groups is 2. The summed E-state index contributed by atoms with van der Waals surface area (Å²) in [5.74, 6) is -1.04. The molecule has 0 spiro atoms. The van der Waals surface area contributed by atoms with E-state index in [1.165, 1.54) is 6.07 Å². The van der Waals surface area contributed by atoms with E-state index in [0.29, 0.717) is 10.8 Å². The molecule has 8 nitrogen and oxygen atoms in total. The maximum absolute atomic E-state index is 12.5. The van der Waals surface area contributed by atoms with Crippen LogP contribution in [-0.2, 0) is 19.5 Å². The number of hydrogen-bond donors (Lipinski definition) is 1. The van der Waals surface area contributed by atoms with Gasteiger partial charge < -0.3 is 14.2 Å². The van der Waals surface area contributed by atoms with Gasteiger partial charge in [-0.15, -0.1) is 0 Å². The molecule has 0 aromatic heterocycles. The molecule has 0 bridgehead atoms. The molecule has 0 atom stereocenters. The third kappa shape index (κ3) is 5.69. The summed E-state index contributed by atoms with van der Waals surface area (Å²) < 4.78 is 42.0. The van der Waals surface area contributed by atoms with E-state index in [9.17, 15) is 18.0 Å². The lowest BCUT2D eigenvalue weighted by atomic mass is 10.1. The van der Waals surface area contributed by atoms with Gasteiger partial charge in [0, 0.05) is 11.6 Å². The second-order valence-corrected chi connectivity index (χ2v) is 7.63. The lowest BCUT2D eigenvalue weighted by molar-refractivity contribution is 0.0598. The van der Waals surface area contributed by atoms with E-state index in [1.807, 2.05) is 0 Å². The maximum Gasteiger partial charge on any atom is 0.337 e. The fraction of sp³-hybridized carbons (Fsp3) is 0.222. The van der Waals surface area contributed by atoms with E-state index in [-0.39, 0.29) is 29.2 Å². The molecule has 10 heteroatoms. The molecule has 0 aliphatic rings. The van der Waals surface area contributed by atoms with Gasteiger partial charge in [-0.05, 0) is 42.5 Å². The van der Waals surface area contributed by atoms with Crippen molar-refractivity contribution in [1.82, 2.24) is 4.72 Å². The van der Waals surface area contributed by atoms with Gasteiger partial charge in [0.1, 0.15) is 12.4 Å². The van der Waals surface area contributed by atoms with E-state index < -0.39 is 22.0 Å². The van der Waals surface area contributed by atoms with Gasteiger partial charge in [0.05, 0.1) is 30.2 Å². The Hall–Kier alpha value is -2.62. The van der Waals surface area contributed by atoms with Gasteiger partial charge in [-0.3, -0.25) is 0 Å². The van der Waals surface area contributed by atoms with Crippen LogP contribution in [0.5, 0.6) is 5.75 Å².